The molecule has 0 aliphatic heterocycles. The molecule has 0 saturated heterocycles. The van der Waals surface area contributed by atoms with Crippen LogP contribution in [0.2, 0.25) is 0 Å². The summed E-state index contributed by atoms with van der Waals surface area (Å²) in [6.07, 6.45) is 0. The highest BCUT2D eigenvalue weighted by Gasteiger charge is 2.23. The fraction of sp³-hybridized carbons (Fsp3) is 0.417. The van der Waals surface area contributed by atoms with Crippen molar-refractivity contribution in [2.45, 2.75) is 12.7 Å². The highest BCUT2D eigenvalue weighted by molar-refractivity contribution is 7.88. The zero-order valence-corrected chi connectivity index (χ0v) is 11.5. The van der Waals surface area contributed by atoms with Crippen molar-refractivity contribution in [2.75, 3.05) is 13.6 Å². The highest BCUT2D eigenvalue weighted by Crippen LogP contribution is 2.12. The van der Waals surface area contributed by atoms with E-state index in [2.05, 4.69) is 0 Å². The van der Waals surface area contributed by atoms with Crippen LogP contribution in [-0.2, 0) is 20.6 Å². The Kier molecular flexibility index (Phi) is 5.02. The molecule has 5 nitrogen and oxygen atoms in total. The van der Waals surface area contributed by atoms with Crippen LogP contribution < -0.4 is 0 Å². The van der Waals surface area contributed by atoms with Crippen LogP contribution in [0.15, 0.2) is 24.3 Å². The third-order valence-corrected chi connectivity index (χ3v) is 4.49. The summed E-state index contributed by atoms with van der Waals surface area (Å²) in [6.45, 7) is 1.34. The number of hydrogen-bond acceptors (Lipinski definition) is 3. The summed E-state index contributed by atoms with van der Waals surface area (Å²) in [5, 5.41) is 8.75. The highest BCUT2D eigenvalue weighted by atomic mass is 32.2. The summed E-state index contributed by atoms with van der Waals surface area (Å²) in [5.41, 5.74) is 0.455. The molecule has 7 heteroatoms. The number of sulfonamides is 1. The summed E-state index contributed by atoms with van der Waals surface area (Å²) < 4.78 is 37.7. The predicted molar refractivity (Wildman–Crippen MR) is 68.5 cm³/mol. The van der Waals surface area contributed by atoms with E-state index in [0.717, 1.165) is 4.31 Å². The molecule has 1 N–H and O–H groups in total. The summed E-state index contributed by atoms with van der Waals surface area (Å²) in [4.78, 5) is 10.7. The van der Waals surface area contributed by atoms with Crippen molar-refractivity contribution in [1.82, 2.24) is 4.31 Å². The average Bonchev–Trinajstić information content (AvgIpc) is 2.31. The summed E-state index contributed by atoms with van der Waals surface area (Å²) in [6, 6.07) is 5.15. The maximum absolute atomic E-state index is 12.7. The zero-order valence-electron chi connectivity index (χ0n) is 10.7. The number of carboxylic acids is 1. The first-order valence-corrected chi connectivity index (χ1v) is 7.24. The molecular formula is C12H16FNO4S. The van der Waals surface area contributed by atoms with Crippen molar-refractivity contribution in [1.29, 1.82) is 0 Å². The fourth-order valence-electron chi connectivity index (χ4n) is 1.48. The second kappa shape index (κ2) is 6.12. The van der Waals surface area contributed by atoms with E-state index in [0.29, 0.717) is 5.56 Å². The molecular weight excluding hydrogens is 273 g/mol. The average molecular weight is 289 g/mol. The minimum atomic E-state index is -3.61. The Bertz CT molecular complexity index is 541. The second-order valence-corrected chi connectivity index (χ2v) is 6.48. The van der Waals surface area contributed by atoms with E-state index in [9.17, 15) is 17.6 Å². The van der Waals surface area contributed by atoms with E-state index in [4.69, 9.17) is 5.11 Å². The number of carbonyl (C=O) groups is 1. The molecule has 106 valence electrons. The minimum Gasteiger partial charge on any atom is -0.481 e. The lowest BCUT2D eigenvalue weighted by atomic mass is 10.2. The van der Waals surface area contributed by atoms with Gasteiger partial charge in [-0.2, -0.15) is 0 Å². The molecule has 0 amide bonds. The molecule has 0 spiro atoms. The number of aliphatic carboxylic acids is 1. The van der Waals surface area contributed by atoms with Crippen molar-refractivity contribution >= 4 is 16.0 Å². The monoisotopic (exact) mass is 289 g/mol. The molecule has 0 radical (unpaired) electrons. The molecule has 0 fully saturated rings. The lowest BCUT2D eigenvalue weighted by molar-refractivity contribution is -0.141. The first-order valence-electron chi connectivity index (χ1n) is 5.63. The number of nitrogens with zero attached hydrogens (tertiary/aromatic N) is 1. The largest absolute Gasteiger partial charge is 0.481 e. The molecule has 0 aliphatic carbocycles. The molecule has 1 unspecified atom stereocenters. The Labute approximate surface area is 111 Å². The topological polar surface area (TPSA) is 74.7 Å². The quantitative estimate of drug-likeness (QED) is 0.856. The minimum absolute atomic E-state index is 0.0984. The van der Waals surface area contributed by atoms with Crippen LogP contribution in [0.3, 0.4) is 0 Å². The normalized spacial score (nSPS) is 13.5. The van der Waals surface area contributed by atoms with Gasteiger partial charge in [0.25, 0.3) is 0 Å². The number of carboxylic acid groups (broad SMARTS) is 1. The summed E-state index contributed by atoms with van der Waals surface area (Å²) in [7, 11) is -2.28. The van der Waals surface area contributed by atoms with Crippen molar-refractivity contribution in [3.8, 4) is 0 Å². The van der Waals surface area contributed by atoms with Gasteiger partial charge in [0.05, 0.1) is 11.7 Å². The van der Waals surface area contributed by atoms with Gasteiger partial charge in [-0.25, -0.2) is 17.1 Å². The smallest absolute Gasteiger partial charge is 0.307 e. The lowest BCUT2D eigenvalue weighted by Crippen LogP contribution is -2.34. The molecule has 1 aromatic rings. The molecule has 0 bridgehead atoms. The number of halogens is 1. The van der Waals surface area contributed by atoms with Crippen molar-refractivity contribution in [3.63, 3.8) is 0 Å². The van der Waals surface area contributed by atoms with Crippen LogP contribution in [0.5, 0.6) is 0 Å². The van der Waals surface area contributed by atoms with Gasteiger partial charge in [0.1, 0.15) is 5.82 Å². The maximum atomic E-state index is 12.7. The van der Waals surface area contributed by atoms with Crippen LogP contribution in [0, 0.1) is 11.7 Å². The number of rotatable bonds is 6. The third-order valence-electron chi connectivity index (χ3n) is 2.69. The van der Waals surface area contributed by atoms with Gasteiger partial charge >= 0.3 is 5.97 Å². The van der Waals surface area contributed by atoms with E-state index in [1.807, 2.05) is 0 Å². The van der Waals surface area contributed by atoms with Gasteiger partial charge in [0.15, 0.2) is 0 Å². The molecule has 0 heterocycles. The maximum Gasteiger partial charge on any atom is 0.307 e. The zero-order chi connectivity index (χ0) is 14.6. The van der Waals surface area contributed by atoms with Gasteiger partial charge in [-0.1, -0.05) is 19.1 Å². The van der Waals surface area contributed by atoms with Gasteiger partial charge in [-0.15, -0.1) is 0 Å². The van der Waals surface area contributed by atoms with Crippen LogP contribution in [0.4, 0.5) is 4.39 Å². The van der Waals surface area contributed by atoms with Crippen LogP contribution in [-0.4, -0.2) is 37.4 Å². The van der Waals surface area contributed by atoms with Crippen LogP contribution >= 0.6 is 0 Å². The SMILES string of the molecule is CC(CN(C)S(=O)(=O)Cc1ccc(F)cc1)C(=O)O. The predicted octanol–water partition coefficient (Wildman–Crippen LogP) is 1.31. The van der Waals surface area contributed by atoms with Crippen LogP contribution in [0.25, 0.3) is 0 Å². The molecule has 1 aromatic carbocycles. The Balaban J connectivity index is 2.75. The molecule has 0 saturated carbocycles. The van der Waals surface area contributed by atoms with E-state index >= 15 is 0 Å². The summed E-state index contributed by atoms with van der Waals surface area (Å²) >= 11 is 0. The Morgan fingerprint density at radius 2 is 1.89 bits per heavy atom. The fourth-order valence-corrected chi connectivity index (χ4v) is 2.76. The Hall–Kier alpha value is -1.47. The van der Waals surface area contributed by atoms with Gasteiger partial charge < -0.3 is 5.11 Å². The van der Waals surface area contributed by atoms with Gasteiger partial charge in [-0.3, -0.25) is 4.79 Å². The third kappa shape index (κ3) is 4.60. The molecule has 0 aliphatic rings. The first-order chi connectivity index (χ1) is 8.72. The summed E-state index contributed by atoms with van der Waals surface area (Å²) in [5.74, 6) is -2.55. The molecule has 1 atom stereocenters. The van der Waals surface area contributed by atoms with Crippen molar-refractivity contribution in [2.24, 2.45) is 5.92 Å². The van der Waals surface area contributed by atoms with Crippen LogP contribution in [0.1, 0.15) is 12.5 Å². The van der Waals surface area contributed by atoms with E-state index in [1.165, 1.54) is 38.2 Å². The standard InChI is InChI=1S/C12H16FNO4S/c1-9(12(15)16)7-14(2)19(17,18)8-10-3-5-11(13)6-4-10/h3-6,9H,7-8H2,1-2H3,(H,15,16). The second-order valence-electron chi connectivity index (χ2n) is 4.40. The molecule has 1 rings (SSSR count). The van der Waals surface area contributed by atoms with E-state index < -0.39 is 27.7 Å². The Morgan fingerprint density at radius 1 is 1.37 bits per heavy atom. The van der Waals surface area contributed by atoms with E-state index in [1.54, 1.807) is 0 Å². The lowest BCUT2D eigenvalue weighted by Gasteiger charge is -2.19. The number of hydrogen-bond donors (Lipinski definition) is 1. The Morgan fingerprint density at radius 3 is 2.37 bits per heavy atom. The van der Waals surface area contributed by atoms with Gasteiger partial charge in [-0.05, 0) is 17.7 Å². The van der Waals surface area contributed by atoms with E-state index in [-0.39, 0.29) is 12.3 Å². The number of benzene rings is 1. The molecule has 19 heavy (non-hydrogen) atoms. The first kappa shape index (κ1) is 15.6. The molecule has 0 aromatic heterocycles. The van der Waals surface area contributed by atoms with Crippen molar-refractivity contribution < 1.29 is 22.7 Å². The van der Waals surface area contributed by atoms with Crippen molar-refractivity contribution in [3.05, 3.63) is 35.6 Å². The van der Waals surface area contributed by atoms with Gasteiger partial charge in [0, 0.05) is 13.6 Å². The van der Waals surface area contributed by atoms with Gasteiger partial charge in [0.2, 0.25) is 10.0 Å².